The molecular formula is C7H7BrOS. The zero-order chi connectivity index (χ0) is 7.56. The van der Waals surface area contributed by atoms with Crippen molar-refractivity contribution >= 4 is 33.6 Å². The first-order valence-corrected chi connectivity index (χ1v) is 4.68. The number of carbonyl (C=O) groups is 1. The molecule has 0 saturated carbocycles. The highest BCUT2D eigenvalue weighted by molar-refractivity contribution is 9.11. The van der Waals surface area contributed by atoms with E-state index in [4.69, 9.17) is 0 Å². The van der Waals surface area contributed by atoms with Crippen LogP contribution in [0.25, 0.3) is 0 Å². The summed E-state index contributed by atoms with van der Waals surface area (Å²) < 4.78 is 1.08. The standard InChI is InChI=1S/C7H7BrOS/c1-2-6-5(3-9)4-10-7(6)8/h3-4H,2H2,1H3. The first kappa shape index (κ1) is 7.95. The topological polar surface area (TPSA) is 17.1 Å². The van der Waals surface area contributed by atoms with Crippen molar-refractivity contribution in [3.63, 3.8) is 0 Å². The van der Waals surface area contributed by atoms with E-state index in [1.165, 1.54) is 0 Å². The maximum atomic E-state index is 10.4. The van der Waals surface area contributed by atoms with Crippen LogP contribution in [0.5, 0.6) is 0 Å². The first-order chi connectivity index (χ1) is 4.79. The van der Waals surface area contributed by atoms with Gasteiger partial charge in [0, 0.05) is 10.9 Å². The summed E-state index contributed by atoms with van der Waals surface area (Å²) in [5.41, 5.74) is 1.94. The van der Waals surface area contributed by atoms with Gasteiger partial charge in [0.25, 0.3) is 0 Å². The fourth-order valence-corrected chi connectivity index (χ4v) is 2.44. The Balaban J connectivity index is 3.12. The van der Waals surface area contributed by atoms with Crippen molar-refractivity contribution in [1.29, 1.82) is 0 Å². The summed E-state index contributed by atoms with van der Waals surface area (Å²) in [5.74, 6) is 0. The lowest BCUT2D eigenvalue weighted by Gasteiger charge is -1.91. The highest BCUT2D eigenvalue weighted by atomic mass is 79.9. The average Bonchev–Trinajstić information content (AvgIpc) is 2.30. The Kier molecular flexibility index (Phi) is 2.63. The normalized spacial score (nSPS) is 9.80. The molecule has 54 valence electrons. The largest absolute Gasteiger partial charge is 0.298 e. The SMILES string of the molecule is CCc1c(C=O)csc1Br. The van der Waals surface area contributed by atoms with Crippen molar-refractivity contribution in [2.45, 2.75) is 13.3 Å². The van der Waals surface area contributed by atoms with E-state index >= 15 is 0 Å². The van der Waals surface area contributed by atoms with Crippen LogP contribution in [0, 0.1) is 0 Å². The van der Waals surface area contributed by atoms with E-state index in [0.717, 1.165) is 27.6 Å². The molecule has 1 aromatic heterocycles. The Morgan fingerprint density at radius 2 is 2.50 bits per heavy atom. The van der Waals surface area contributed by atoms with Gasteiger partial charge in [-0.1, -0.05) is 6.92 Å². The van der Waals surface area contributed by atoms with Gasteiger partial charge in [-0.25, -0.2) is 0 Å². The summed E-state index contributed by atoms with van der Waals surface area (Å²) in [7, 11) is 0. The smallest absolute Gasteiger partial charge is 0.151 e. The second-order valence-corrected chi connectivity index (χ2v) is 4.11. The third kappa shape index (κ3) is 1.30. The fraction of sp³-hybridized carbons (Fsp3) is 0.286. The zero-order valence-electron chi connectivity index (χ0n) is 5.56. The Morgan fingerprint density at radius 3 is 2.90 bits per heavy atom. The number of hydrogen-bond acceptors (Lipinski definition) is 2. The second kappa shape index (κ2) is 3.30. The van der Waals surface area contributed by atoms with Crippen molar-refractivity contribution in [3.8, 4) is 0 Å². The summed E-state index contributed by atoms with van der Waals surface area (Å²) in [6, 6.07) is 0. The predicted molar refractivity (Wildman–Crippen MR) is 46.8 cm³/mol. The molecule has 0 aliphatic heterocycles. The van der Waals surface area contributed by atoms with Crippen LogP contribution in [0.3, 0.4) is 0 Å². The van der Waals surface area contributed by atoms with E-state index in [0.29, 0.717) is 0 Å². The number of aldehydes is 1. The number of halogens is 1. The summed E-state index contributed by atoms with van der Waals surface area (Å²) in [6.45, 7) is 2.04. The van der Waals surface area contributed by atoms with Gasteiger partial charge >= 0.3 is 0 Å². The Labute approximate surface area is 72.2 Å². The van der Waals surface area contributed by atoms with Crippen LogP contribution >= 0.6 is 27.3 Å². The van der Waals surface area contributed by atoms with E-state index in [1.54, 1.807) is 11.3 Å². The molecule has 1 heterocycles. The molecule has 3 heteroatoms. The summed E-state index contributed by atoms with van der Waals surface area (Å²) in [6.07, 6.45) is 1.82. The lowest BCUT2D eigenvalue weighted by atomic mass is 10.2. The molecule has 10 heavy (non-hydrogen) atoms. The molecule has 1 aromatic rings. The molecule has 0 spiro atoms. The summed E-state index contributed by atoms with van der Waals surface area (Å²) in [4.78, 5) is 10.4. The third-order valence-electron chi connectivity index (χ3n) is 1.36. The van der Waals surface area contributed by atoms with E-state index < -0.39 is 0 Å². The second-order valence-electron chi connectivity index (χ2n) is 1.91. The molecule has 0 amide bonds. The number of rotatable bonds is 2. The third-order valence-corrected chi connectivity index (χ3v) is 3.22. The molecule has 0 aromatic carbocycles. The molecule has 0 N–H and O–H groups in total. The quantitative estimate of drug-likeness (QED) is 0.699. The minimum absolute atomic E-state index is 0.819. The molecule has 0 aliphatic rings. The number of carbonyl (C=O) groups excluding carboxylic acids is 1. The van der Waals surface area contributed by atoms with Gasteiger partial charge < -0.3 is 0 Å². The van der Waals surface area contributed by atoms with Crippen LogP contribution in [0.15, 0.2) is 9.17 Å². The summed E-state index contributed by atoms with van der Waals surface area (Å²) >= 11 is 4.94. The van der Waals surface area contributed by atoms with E-state index in [1.807, 2.05) is 12.3 Å². The van der Waals surface area contributed by atoms with Gasteiger partial charge in [0.1, 0.15) is 0 Å². The van der Waals surface area contributed by atoms with Gasteiger partial charge in [-0.2, -0.15) is 0 Å². The number of hydrogen-bond donors (Lipinski definition) is 0. The van der Waals surface area contributed by atoms with Gasteiger partial charge in [0.2, 0.25) is 0 Å². The van der Waals surface area contributed by atoms with Crippen molar-refractivity contribution < 1.29 is 4.79 Å². The van der Waals surface area contributed by atoms with E-state index in [2.05, 4.69) is 15.9 Å². The molecule has 1 nitrogen and oxygen atoms in total. The van der Waals surface area contributed by atoms with Crippen LogP contribution in [0.1, 0.15) is 22.8 Å². The molecule has 0 unspecified atom stereocenters. The van der Waals surface area contributed by atoms with Gasteiger partial charge in [-0.3, -0.25) is 4.79 Å². The molecular weight excluding hydrogens is 212 g/mol. The monoisotopic (exact) mass is 218 g/mol. The maximum Gasteiger partial charge on any atom is 0.151 e. The van der Waals surface area contributed by atoms with Crippen LogP contribution in [-0.2, 0) is 6.42 Å². The van der Waals surface area contributed by atoms with Crippen molar-refractivity contribution in [2.75, 3.05) is 0 Å². The first-order valence-electron chi connectivity index (χ1n) is 3.00. The fourth-order valence-electron chi connectivity index (χ4n) is 0.813. The number of thiophene rings is 1. The molecule has 0 aliphatic carbocycles. The lowest BCUT2D eigenvalue weighted by molar-refractivity contribution is 0.112. The Hall–Kier alpha value is -0.150. The Bertz CT molecular complexity index is 242. The minimum atomic E-state index is 0.819. The van der Waals surface area contributed by atoms with Crippen molar-refractivity contribution in [2.24, 2.45) is 0 Å². The molecule has 0 atom stereocenters. The van der Waals surface area contributed by atoms with E-state index in [9.17, 15) is 4.79 Å². The van der Waals surface area contributed by atoms with Crippen LogP contribution in [0.4, 0.5) is 0 Å². The van der Waals surface area contributed by atoms with Crippen LogP contribution in [-0.4, -0.2) is 6.29 Å². The zero-order valence-corrected chi connectivity index (χ0v) is 7.96. The molecule has 0 saturated heterocycles. The molecule has 0 radical (unpaired) electrons. The molecule has 0 fully saturated rings. The van der Waals surface area contributed by atoms with Crippen LogP contribution < -0.4 is 0 Å². The lowest BCUT2D eigenvalue weighted by Crippen LogP contribution is -1.83. The molecule has 1 rings (SSSR count). The van der Waals surface area contributed by atoms with Gasteiger partial charge in [-0.05, 0) is 27.9 Å². The predicted octanol–water partition coefficient (Wildman–Crippen LogP) is 2.89. The Morgan fingerprint density at radius 1 is 1.80 bits per heavy atom. The highest BCUT2D eigenvalue weighted by Crippen LogP contribution is 2.27. The summed E-state index contributed by atoms with van der Waals surface area (Å²) in [5, 5.41) is 1.87. The van der Waals surface area contributed by atoms with Crippen LogP contribution in [0.2, 0.25) is 0 Å². The maximum absolute atomic E-state index is 10.4. The highest BCUT2D eigenvalue weighted by Gasteiger charge is 2.05. The van der Waals surface area contributed by atoms with Crippen molar-refractivity contribution in [3.05, 3.63) is 20.3 Å². The van der Waals surface area contributed by atoms with Gasteiger partial charge in [0.05, 0.1) is 3.79 Å². The van der Waals surface area contributed by atoms with Gasteiger partial charge in [-0.15, -0.1) is 11.3 Å². The minimum Gasteiger partial charge on any atom is -0.298 e. The molecule has 0 bridgehead atoms. The average molecular weight is 219 g/mol. The van der Waals surface area contributed by atoms with Gasteiger partial charge in [0.15, 0.2) is 6.29 Å². The van der Waals surface area contributed by atoms with Crippen molar-refractivity contribution in [1.82, 2.24) is 0 Å². The van der Waals surface area contributed by atoms with E-state index in [-0.39, 0.29) is 0 Å².